The van der Waals surface area contributed by atoms with Crippen LogP contribution in [0.4, 0.5) is 4.79 Å². The first-order chi connectivity index (χ1) is 17.2. The molecule has 0 unspecified atom stereocenters. The lowest BCUT2D eigenvalue weighted by molar-refractivity contribution is -0.144. The molecule has 1 saturated heterocycles. The van der Waals surface area contributed by atoms with Gasteiger partial charge >= 0.3 is 12.1 Å². The number of hydrogen-bond donors (Lipinski definition) is 3. The molecule has 37 heavy (non-hydrogen) atoms. The summed E-state index contributed by atoms with van der Waals surface area (Å²) in [5, 5.41) is 15.2. The van der Waals surface area contributed by atoms with Crippen LogP contribution in [0.2, 0.25) is 0 Å². The highest BCUT2D eigenvalue weighted by atomic mass is 16.6. The van der Waals surface area contributed by atoms with Gasteiger partial charge in [0.2, 0.25) is 11.8 Å². The molecule has 0 aromatic heterocycles. The van der Waals surface area contributed by atoms with Crippen molar-refractivity contribution in [3.8, 4) is 0 Å². The molecule has 3 N–H and O–H groups in total. The third-order valence-corrected chi connectivity index (χ3v) is 7.04. The number of aliphatic carboxylic acids is 1. The van der Waals surface area contributed by atoms with E-state index in [9.17, 15) is 24.3 Å². The van der Waals surface area contributed by atoms with Crippen LogP contribution in [-0.2, 0) is 24.5 Å². The minimum absolute atomic E-state index is 0.266. The summed E-state index contributed by atoms with van der Waals surface area (Å²) >= 11 is 0. The molecule has 0 saturated carbocycles. The SMILES string of the molecule is CC[C@H](C)[C@H](NC(=O)[C@@H](NC(=O)C1(c2ccccc2)CCN(C(=O)OC(C)(C)C)CC1)C(C)C)C(=O)O. The van der Waals surface area contributed by atoms with Crippen molar-refractivity contribution in [3.63, 3.8) is 0 Å². The molecule has 0 spiro atoms. The quantitative estimate of drug-likeness (QED) is 0.459. The second-order valence-corrected chi connectivity index (χ2v) is 11.3. The van der Waals surface area contributed by atoms with Crippen LogP contribution in [0.5, 0.6) is 0 Å². The zero-order valence-electron chi connectivity index (χ0n) is 23.2. The maximum Gasteiger partial charge on any atom is 0.410 e. The topological polar surface area (TPSA) is 125 Å². The van der Waals surface area contributed by atoms with Crippen LogP contribution >= 0.6 is 0 Å². The molecule has 9 heteroatoms. The second kappa shape index (κ2) is 12.4. The minimum Gasteiger partial charge on any atom is -0.480 e. The van der Waals surface area contributed by atoms with E-state index in [-0.39, 0.29) is 17.7 Å². The number of ether oxygens (including phenoxy) is 1. The molecule has 206 valence electrons. The van der Waals surface area contributed by atoms with Crippen molar-refractivity contribution in [2.45, 2.75) is 90.8 Å². The van der Waals surface area contributed by atoms with Crippen LogP contribution in [0, 0.1) is 11.8 Å². The Hall–Kier alpha value is -3.10. The van der Waals surface area contributed by atoms with Gasteiger partial charge in [-0.15, -0.1) is 0 Å². The number of piperidine rings is 1. The number of carbonyl (C=O) groups is 4. The van der Waals surface area contributed by atoms with Crippen molar-refractivity contribution >= 4 is 23.9 Å². The predicted molar refractivity (Wildman–Crippen MR) is 141 cm³/mol. The largest absolute Gasteiger partial charge is 0.480 e. The van der Waals surface area contributed by atoms with Gasteiger partial charge in [-0.1, -0.05) is 64.4 Å². The molecule has 1 heterocycles. The highest BCUT2D eigenvalue weighted by Gasteiger charge is 2.46. The van der Waals surface area contributed by atoms with Gasteiger partial charge in [-0.05, 0) is 51.0 Å². The van der Waals surface area contributed by atoms with Crippen LogP contribution < -0.4 is 10.6 Å². The van der Waals surface area contributed by atoms with Gasteiger partial charge in [0.15, 0.2) is 0 Å². The number of hydrogen-bond acceptors (Lipinski definition) is 5. The van der Waals surface area contributed by atoms with Gasteiger partial charge in [-0.2, -0.15) is 0 Å². The molecule has 0 radical (unpaired) electrons. The Kier molecular flexibility index (Phi) is 10.1. The normalized spacial score (nSPS) is 17.9. The number of benzene rings is 1. The molecule has 1 aromatic carbocycles. The van der Waals surface area contributed by atoms with E-state index in [0.29, 0.717) is 32.4 Å². The van der Waals surface area contributed by atoms with Crippen molar-refractivity contribution in [1.82, 2.24) is 15.5 Å². The third-order valence-electron chi connectivity index (χ3n) is 7.04. The molecule has 9 nitrogen and oxygen atoms in total. The van der Waals surface area contributed by atoms with Gasteiger partial charge in [0.25, 0.3) is 0 Å². The van der Waals surface area contributed by atoms with Gasteiger partial charge in [-0.25, -0.2) is 9.59 Å². The zero-order valence-corrected chi connectivity index (χ0v) is 23.2. The summed E-state index contributed by atoms with van der Waals surface area (Å²) in [6.45, 7) is 13.3. The fourth-order valence-electron chi connectivity index (χ4n) is 4.54. The Labute approximate surface area is 220 Å². The average molecular weight is 518 g/mol. The van der Waals surface area contributed by atoms with Crippen molar-refractivity contribution in [1.29, 1.82) is 0 Å². The Morgan fingerprint density at radius 1 is 1.00 bits per heavy atom. The molecule has 1 aliphatic heterocycles. The van der Waals surface area contributed by atoms with E-state index in [1.165, 1.54) is 0 Å². The molecule has 2 rings (SSSR count). The van der Waals surface area contributed by atoms with Crippen LogP contribution in [0.15, 0.2) is 30.3 Å². The Morgan fingerprint density at radius 2 is 1.57 bits per heavy atom. The van der Waals surface area contributed by atoms with Crippen molar-refractivity contribution in [2.75, 3.05) is 13.1 Å². The average Bonchev–Trinajstić information content (AvgIpc) is 2.84. The van der Waals surface area contributed by atoms with E-state index in [2.05, 4.69) is 10.6 Å². The van der Waals surface area contributed by atoms with Crippen molar-refractivity contribution in [3.05, 3.63) is 35.9 Å². The number of rotatable bonds is 9. The summed E-state index contributed by atoms with van der Waals surface area (Å²) in [5.41, 5.74) is -0.762. The lowest BCUT2D eigenvalue weighted by Crippen LogP contribution is -2.60. The number of carbonyl (C=O) groups excluding carboxylic acids is 3. The first-order valence-corrected chi connectivity index (χ1v) is 13.1. The Morgan fingerprint density at radius 3 is 2.03 bits per heavy atom. The third kappa shape index (κ3) is 7.69. The summed E-state index contributed by atoms with van der Waals surface area (Å²) in [6, 6.07) is 7.41. The van der Waals surface area contributed by atoms with Crippen molar-refractivity contribution in [2.24, 2.45) is 11.8 Å². The Balaban J connectivity index is 2.28. The lowest BCUT2D eigenvalue weighted by Gasteiger charge is -2.42. The monoisotopic (exact) mass is 517 g/mol. The van der Waals surface area contributed by atoms with Crippen LogP contribution in [0.25, 0.3) is 0 Å². The van der Waals surface area contributed by atoms with E-state index in [4.69, 9.17) is 4.74 Å². The number of amides is 3. The van der Waals surface area contributed by atoms with Crippen molar-refractivity contribution < 1.29 is 29.0 Å². The molecule has 1 aliphatic rings. The molecular formula is C28H43N3O6. The van der Waals surface area contributed by atoms with Gasteiger partial charge < -0.3 is 25.4 Å². The number of nitrogens with zero attached hydrogens (tertiary/aromatic N) is 1. The fourth-order valence-corrected chi connectivity index (χ4v) is 4.54. The number of nitrogens with one attached hydrogen (secondary N) is 2. The Bertz CT molecular complexity index is 948. The van der Waals surface area contributed by atoms with E-state index < -0.39 is 41.1 Å². The minimum atomic E-state index is -1.10. The van der Waals surface area contributed by atoms with E-state index in [1.54, 1.807) is 11.8 Å². The second-order valence-electron chi connectivity index (χ2n) is 11.3. The molecule has 3 atom stereocenters. The highest BCUT2D eigenvalue weighted by Crippen LogP contribution is 2.36. The van der Waals surface area contributed by atoms with E-state index in [0.717, 1.165) is 5.56 Å². The standard InChI is InChI=1S/C28H43N3O6/c1-8-19(4)22(24(33)34)29-23(32)21(18(2)3)30-25(35)28(20-12-10-9-11-13-20)14-16-31(17-15-28)26(36)37-27(5,6)7/h9-13,18-19,21-22H,8,14-17H2,1-7H3,(H,29,32)(H,30,35)(H,33,34)/t19-,21-,22-/m0/s1. The van der Waals surface area contributed by atoms with E-state index >= 15 is 0 Å². The summed E-state index contributed by atoms with van der Waals surface area (Å²) in [6.07, 6.45) is 0.887. The first kappa shape index (κ1) is 30.1. The van der Waals surface area contributed by atoms with Crippen LogP contribution in [0.3, 0.4) is 0 Å². The summed E-state index contributed by atoms with van der Waals surface area (Å²) in [4.78, 5) is 53.1. The van der Waals surface area contributed by atoms with Crippen LogP contribution in [0.1, 0.15) is 73.3 Å². The van der Waals surface area contributed by atoms with Crippen LogP contribution in [-0.4, -0.2) is 64.7 Å². The maximum atomic E-state index is 13.9. The molecule has 0 aliphatic carbocycles. The molecule has 0 bridgehead atoms. The summed E-state index contributed by atoms with van der Waals surface area (Å²) in [5.74, 6) is -2.48. The number of likely N-dealkylation sites (tertiary alicyclic amines) is 1. The number of carboxylic acids is 1. The highest BCUT2D eigenvalue weighted by molar-refractivity contribution is 5.94. The molecule has 1 aromatic rings. The molecule has 3 amide bonds. The zero-order chi connectivity index (χ0) is 28.0. The molecular weight excluding hydrogens is 474 g/mol. The molecule has 1 fully saturated rings. The first-order valence-electron chi connectivity index (χ1n) is 13.1. The van der Waals surface area contributed by atoms with Gasteiger partial charge in [0, 0.05) is 13.1 Å². The fraction of sp³-hybridized carbons (Fsp3) is 0.643. The summed E-state index contributed by atoms with van der Waals surface area (Å²) < 4.78 is 5.51. The van der Waals surface area contributed by atoms with E-state index in [1.807, 2.05) is 71.9 Å². The van der Waals surface area contributed by atoms with Gasteiger partial charge in [-0.3, -0.25) is 9.59 Å². The van der Waals surface area contributed by atoms with Gasteiger partial charge in [0.1, 0.15) is 17.7 Å². The lowest BCUT2D eigenvalue weighted by atomic mass is 9.71. The van der Waals surface area contributed by atoms with Gasteiger partial charge in [0.05, 0.1) is 5.41 Å². The summed E-state index contributed by atoms with van der Waals surface area (Å²) in [7, 11) is 0. The predicted octanol–water partition coefficient (Wildman–Crippen LogP) is 3.71. The number of carboxylic acid groups (broad SMARTS) is 1. The smallest absolute Gasteiger partial charge is 0.410 e. The maximum absolute atomic E-state index is 13.9.